The Labute approximate surface area is 96.3 Å². The van der Waals surface area contributed by atoms with Crippen molar-refractivity contribution < 1.29 is 4.79 Å². The van der Waals surface area contributed by atoms with E-state index in [0.717, 1.165) is 11.3 Å². The van der Waals surface area contributed by atoms with Crippen molar-refractivity contribution in [3.8, 4) is 0 Å². The Balaban J connectivity index is 2.56. The lowest BCUT2D eigenvalue weighted by Gasteiger charge is -2.07. The molecule has 3 N–H and O–H groups in total. The van der Waals surface area contributed by atoms with Gasteiger partial charge in [-0.25, -0.2) is 4.98 Å². The molecule has 4 heteroatoms. The minimum Gasteiger partial charge on any atom is -0.328 e. The molecule has 0 fully saturated rings. The summed E-state index contributed by atoms with van der Waals surface area (Å²) < 4.78 is 0. The zero-order chi connectivity index (χ0) is 12.1. The summed E-state index contributed by atoms with van der Waals surface area (Å²) in [5, 5.41) is 2.77. The topological polar surface area (TPSA) is 68.0 Å². The monoisotopic (exact) mass is 221 g/mol. The van der Waals surface area contributed by atoms with Crippen LogP contribution in [0, 0.1) is 13.8 Å². The maximum atomic E-state index is 11.5. The summed E-state index contributed by atoms with van der Waals surface area (Å²) in [5.41, 5.74) is 7.58. The first-order chi connectivity index (χ1) is 7.47. The minimum atomic E-state index is -0.0326. The second kappa shape index (κ2) is 5.61. The van der Waals surface area contributed by atoms with Crippen LogP contribution in [0.25, 0.3) is 0 Å². The Morgan fingerprint density at radius 1 is 1.50 bits per heavy atom. The van der Waals surface area contributed by atoms with Crippen LogP contribution in [0.4, 0.5) is 5.82 Å². The molecule has 1 aromatic rings. The number of aromatic nitrogens is 1. The number of carbonyl (C=O) groups is 1. The molecular formula is C12H19N3O. The Hall–Kier alpha value is -1.42. The predicted octanol–water partition coefficient (Wildman–Crippen LogP) is 1.76. The first-order valence-electron chi connectivity index (χ1n) is 5.48. The lowest BCUT2D eigenvalue weighted by atomic mass is 10.2. The lowest BCUT2D eigenvalue weighted by Crippen LogP contribution is -2.19. The largest absolute Gasteiger partial charge is 0.328 e. The molecule has 4 nitrogen and oxygen atoms in total. The number of carbonyl (C=O) groups excluding carboxylic acids is 1. The number of nitrogens with two attached hydrogens (primary N) is 1. The zero-order valence-electron chi connectivity index (χ0n) is 10.1. The first-order valence-corrected chi connectivity index (χ1v) is 5.48. The SMILES string of the molecule is Cc1cc(C)nc(NC(=O)CCC(C)N)c1. The fraction of sp³-hybridized carbons (Fsp3) is 0.500. The molecule has 0 aromatic carbocycles. The van der Waals surface area contributed by atoms with Gasteiger partial charge in [0, 0.05) is 18.2 Å². The lowest BCUT2D eigenvalue weighted by molar-refractivity contribution is -0.116. The highest BCUT2D eigenvalue weighted by molar-refractivity contribution is 5.89. The number of hydrogen-bond donors (Lipinski definition) is 2. The third-order valence-electron chi connectivity index (χ3n) is 2.19. The van der Waals surface area contributed by atoms with Gasteiger partial charge in [0.2, 0.25) is 5.91 Å². The molecule has 1 amide bonds. The van der Waals surface area contributed by atoms with E-state index in [1.54, 1.807) is 0 Å². The van der Waals surface area contributed by atoms with Crippen LogP contribution in [0.5, 0.6) is 0 Å². The van der Waals surface area contributed by atoms with E-state index in [0.29, 0.717) is 18.7 Å². The highest BCUT2D eigenvalue weighted by atomic mass is 16.1. The summed E-state index contributed by atoms with van der Waals surface area (Å²) in [7, 11) is 0. The van der Waals surface area contributed by atoms with Gasteiger partial charge in [0.1, 0.15) is 5.82 Å². The van der Waals surface area contributed by atoms with E-state index in [2.05, 4.69) is 10.3 Å². The normalized spacial score (nSPS) is 12.2. The van der Waals surface area contributed by atoms with E-state index in [1.165, 1.54) is 0 Å². The van der Waals surface area contributed by atoms with Crippen LogP contribution in [0.2, 0.25) is 0 Å². The molecule has 1 rings (SSSR count). The second-order valence-corrected chi connectivity index (χ2v) is 4.24. The van der Waals surface area contributed by atoms with Crippen LogP contribution < -0.4 is 11.1 Å². The van der Waals surface area contributed by atoms with Crippen LogP contribution in [0.3, 0.4) is 0 Å². The molecule has 16 heavy (non-hydrogen) atoms. The molecule has 0 spiro atoms. The van der Waals surface area contributed by atoms with Gasteiger partial charge in [0.15, 0.2) is 0 Å². The Kier molecular flexibility index (Phi) is 4.43. The molecule has 0 aliphatic heterocycles. The fourth-order valence-corrected chi connectivity index (χ4v) is 1.47. The maximum absolute atomic E-state index is 11.5. The summed E-state index contributed by atoms with van der Waals surface area (Å²) in [6, 6.07) is 3.88. The van der Waals surface area contributed by atoms with Crippen LogP contribution in [-0.2, 0) is 4.79 Å². The smallest absolute Gasteiger partial charge is 0.225 e. The van der Waals surface area contributed by atoms with E-state index >= 15 is 0 Å². The van der Waals surface area contributed by atoms with Crippen molar-refractivity contribution in [2.24, 2.45) is 5.73 Å². The number of amides is 1. The molecule has 1 unspecified atom stereocenters. The molecule has 0 saturated carbocycles. The van der Waals surface area contributed by atoms with E-state index in [-0.39, 0.29) is 11.9 Å². The standard InChI is InChI=1S/C12H19N3O/c1-8-6-10(3)14-11(7-8)15-12(16)5-4-9(2)13/h6-7,9H,4-5,13H2,1-3H3,(H,14,15,16). The Morgan fingerprint density at radius 2 is 2.19 bits per heavy atom. The molecule has 88 valence electrons. The van der Waals surface area contributed by atoms with Crippen LogP contribution in [-0.4, -0.2) is 16.9 Å². The highest BCUT2D eigenvalue weighted by Gasteiger charge is 2.05. The average molecular weight is 221 g/mol. The van der Waals surface area contributed by atoms with Gasteiger partial charge in [-0.3, -0.25) is 4.79 Å². The molecule has 0 radical (unpaired) electrons. The summed E-state index contributed by atoms with van der Waals surface area (Å²) in [6.45, 7) is 5.78. The van der Waals surface area contributed by atoms with E-state index in [9.17, 15) is 4.79 Å². The zero-order valence-corrected chi connectivity index (χ0v) is 10.1. The molecule has 0 aliphatic rings. The quantitative estimate of drug-likeness (QED) is 0.814. The number of hydrogen-bond acceptors (Lipinski definition) is 3. The van der Waals surface area contributed by atoms with Crippen LogP contribution >= 0.6 is 0 Å². The van der Waals surface area contributed by atoms with E-state index in [4.69, 9.17) is 5.73 Å². The van der Waals surface area contributed by atoms with Gasteiger partial charge < -0.3 is 11.1 Å². The number of nitrogens with zero attached hydrogens (tertiary/aromatic N) is 1. The van der Waals surface area contributed by atoms with Gasteiger partial charge >= 0.3 is 0 Å². The van der Waals surface area contributed by atoms with Crippen molar-refractivity contribution in [1.29, 1.82) is 0 Å². The van der Waals surface area contributed by atoms with Crippen molar-refractivity contribution in [3.05, 3.63) is 23.4 Å². The molecule has 0 bridgehead atoms. The minimum absolute atomic E-state index is 0.0326. The third kappa shape index (κ3) is 4.40. The number of aryl methyl sites for hydroxylation is 2. The number of anilines is 1. The summed E-state index contributed by atoms with van der Waals surface area (Å²) in [5.74, 6) is 0.585. The number of rotatable bonds is 4. The summed E-state index contributed by atoms with van der Waals surface area (Å²) >= 11 is 0. The second-order valence-electron chi connectivity index (χ2n) is 4.24. The first kappa shape index (κ1) is 12.6. The van der Waals surface area contributed by atoms with Gasteiger partial charge in [-0.2, -0.15) is 0 Å². The van der Waals surface area contributed by atoms with Crippen molar-refractivity contribution in [2.45, 2.75) is 39.7 Å². The van der Waals surface area contributed by atoms with Gasteiger partial charge in [-0.15, -0.1) is 0 Å². The maximum Gasteiger partial charge on any atom is 0.225 e. The molecule has 0 saturated heterocycles. The highest BCUT2D eigenvalue weighted by Crippen LogP contribution is 2.09. The van der Waals surface area contributed by atoms with E-state index < -0.39 is 0 Å². The molecular weight excluding hydrogens is 202 g/mol. The number of nitrogens with one attached hydrogen (secondary N) is 1. The van der Waals surface area contributed by atoms with Crippen molar-refractivity contribution in [1.82, 2.24) is 4.98 Å². The van der Waals surface area contributed by atoms with Crippen molar-refractivity contribution >= 4 is 11.7 Å². The Morgan fingerprint density at radius 3 is 2.75 bits per heavy atom. The van der Waals surface area contributed by atoms with Crippen molar-refractivity contribution in [2.75, 3.05) is 5.32 Å². The molecule has 1 aromatic heterocycles. The van der Waals surface area contributed by atoms with Crippen LogP contribution in [0.1, 0.15) is 31.0 Å². The average Bonchev–Trinajstić information content (AvgIpc) is 2.12. The van der Waals surface area contributed by atoms with Gasteiger partial charge in [-0.1, -0.05) is 0 Å². The van der Waals surface area contributed by atoms with Crippen molar-refractivity contribution in [3.63, 3.8) is 0 Å². The van der Waals surface area contributed by atoms with Crippen LogP contribution in [0.15, 0.2) is 12.1 Å². The Bertz CT molecular complexity index is 354. The molecule has 1 atom stereocenters. The number of pyridine rings is 1. The van der Waals surface area contributed by atoms with Gasteiger partial charge in [-0.05, 0) is 44.9 Å². The predicted molar refractivity (Wildman–Crippen MR) is 65.2 cm³/mol. The molecule has 1 heterocycles. The van der Waals surface area contributed by atoms with E-state index in [1.807, 2.05) is 32.9 Å². The molecule has 0 aliphatic carbocycles. The van der Waals surface area contributed by atoms with Gasteiger partial charge in [0.25, 0.3) is 0 Å². The van der Waals surface area contributed by atoms with Gasteiger partial charge in [0.05, 0.1) is 0 Å². The third-order valence-corrected chi connectivity index (χ3v) is 2.19. The summed E-state index contributed by atoms with van der Waals surface area (Å²) in [4.78, 5) is 15.8. The summed E-state index contributed by atoms with van der Waals surface area (Å²) in [6.07, 6.45) is 1.13. The fourth-order valence-electron chi connectivity index (χ4n) is 1.47.